The highest BCUT2D eigenvalue weighted by Gasteiger charge is 2.16. The fourth-order valence-electron chi connectivity index (χ4n) is 3.55. The first-order valence-corrected chi connectivity index (χ1v) is 12.4. The first kappa shape index (κ1) is 26.9. The molecule has 0 aromatic heterocycles. The number of anilines is 3. The van der Waals surface area contributed by atoms with Gasteiger partial charge in [-0.25, -0.2) is 0 Å². The molecule has 2 atom stereocenters. The topological polar surface area (TPSA) is 106 Å². The first-order chi connectivity index (χ1) is 18.9. The lowest BCUT2D eigenvalue weighted by molar-refractivity contribution is -0.122. The number of benzene rings is 4. The normalized spacial score (nSPS) is 11.9. The number of amides is 3. The molecule has 3 N–H and O–H groups in total. The van der Waals surface area contributed by atoms with Crippen LogP contribution in [0.4, 0.5) is 17.1 Å². The zero-order chi connectivity index (χ0) is 27.6. The number of hydrogen-bond donors (Lipinski definition) is 3. The molecule has 0 unspecified atom stereocenters. The molecule has 0 aliphatic rings. The molecule has 4 rings (SSSR count). The molecule has 0 saturated carbocycles. The van der Waals surface area contributed by atoms with Gasteiger partial charge in [-0.15, -0.1) is 0 Å². The minimum atomic E-state index is -0.692. The molecular weight excluding hydrogens is 494 g/mol. The number of nitrogens with one attached hydrogen (secondary N) is 3. The first-order valence-electron chi connectivity index (χ1n) is 12.4. The van der Waals surface area contributed by atoms with Crippen LogP contribution >= 0.6 is 0 Å². The Morgan fingerprint density at radius 1 is 0.513 bits per heavy atom. The Hall–Kier alpha value is -5.11. The van der Waals surface area contributed by atoms with Crippen molar-refractivity contribution >= 4 is 34.8 Å². The van der Waals surface area contributed by atoms with Gasteiger partial charge >= 0.3 is 0 Å². The zero-order valence-electron chi connectivity index (χ0n) is 21.6. The smallest absolute Gasteiger partial charge is 0.265 e. The number of rotatable bonds is 10. The van der Waals surface area contributed by atoms with E-state index in [9.17, 15) is 14.4 Å². The van der Waals surface area contributed by atoms with E-state index in [1.807, 2.05) is 36.4 Å². The lowest BCUT2D eigenvalue weighted by atomic mass is 10.1. The van der Waals surface area contributed by atoms with Crippen molar-refractivity contribution in [2.75, 3.05) is 16.0 Å². The second kappa shape index (κ2) is 12.9. The highest BCUT2D eigenvalue weighted by molar-refractivity contribution is 6.05. The van der Waals surface area contributed by atoms with E-state index >= 15 is 0 Å². The van der Waals surface area contributed by atoms with E-state index < -0.39 is 12.2 Å². The molecular formula is C31H29N3O5. The van der Waals surface area contributed by atoms with E-state index in [2.05, 4.69) is 16.0 Å². The minimum absolute atomic E-state index is 0.288. The molecule has 8 heteroatoms. The maximum Gasteiger partial charge on any atom is 0.265 e. The van der Waals surface area contributed by atoms with Gasteiger partial charge in [-0.2, -0.15) is 0 Å². The third kappa shape index (κ3) is 7.93. The van der Waals surface area contributed by atoms with Crippen molar-refractivity contribution in [3.05, 3.63) is 115 Å². The van der Waals surface area contributed by atoms with E-state index in [1.165, 1.54) is 0 Å². The molecule has 0 bridgehead atoms. The van der Waals surface area contributed by atoms with Crippen LogP contribution in [0.25, 0.3) is 0 Å². The van der Waals surface area contributed by atoms with Gasteiger partial charge in [0.25, 0.3) is 17.7 Å². The van der Waals surface area contributed by atoms with Crippen LogP contribution in [0.15, 0.2) is 109 Å². The fourth-order valence-corrected chi connectivity index (χ4v) is 3.55. The van der Waals surface area contributed by atoms with Crippen LogP contribution in [-0.2, 0) is 9.59 Å². The molecule has 0 radical (unpaired) electrons. The summed E-state index contributed by atoms with van der Waals surface area (Å²) in [6.07, 6.45) is -1.37. The van der Waals surface area contributed by atoms with Gasteiger partial charge in [-0.05, 0) is 86.6 Å². The predicted molar refractivity (Wildman–Crippen MR) is 151 cm³/mol. The average Bonchev–Trinajstić information content (AvgIpc) is 2.95. The van der Waals surface area contributed by atoms with Crippen LogP contribution < -0.4 is 25.4 Å². The fraction of sp³-hybridized carbons (Fsp3) is 0.129. The molecule has 0 saturated heterocycles. The summed E-state index contributed by atoms with van der Waals surface area (Å²) in [4.78, 5) is 37.6. The Kier molecular flexibility index (Phi) is 8.92. The van der Waals surface area contributed by atoms with Crippen molar-refractivity contribution in [3.63, 3.8) is 0 Å². The number of hydrogen-bond acceptors (Lipinski definition) is 5. The van der Waals surface area contributed by atoms with Crippen molar-refractivity contribution in [1.29, 1.82) is 0 Å². The van der Waals surface area contributed by atoms with Gasteiger partial charge < -0.3 is 25.4 Å². The number of carbonyl (C=O) groups is 3. The second-order valence-electron chi connectivity index (χ2n) is 8.73. The van der Waals surface area contributed by atoms with Crippen molar-refractivity contribution < 1.29 is 23.9 Å². The molecule has 0 fully saturated rings. The summed E-state index contributed by atoms with van der Waals surface area (Å²) in [7, 11) is 0. The molecule has 3 amide bonds. The van der Waals surface area contributed by atoms with Crippen LogP contribution in [0.3, 0.4) is 0 Å². The lowest BCUT2D eigenvalue weighted by Crippen LogP contribution is -2.30. The van der Waals surface area contributed by atoms with Gasteiger partial charge in [0, 0.05) is 22.6 Å². The predicted octanol–water partition coefficient (Wildman–Crippen LogP) is 5.75. The van der Waals surface area contributed by atoms with Crippen molar-refractivity contribution in [3.8, 4) is 11.5 Å². The highest BCUT2D eigenvalue weighted by atomic mass is 16.5. The highest BCUT2D eigenvalue weighted by Crippen LogP contribution is 2.18. The van der Waals surface area contributed by atoms with Crippen LogP contribution in [0.5, 0.6) is 11.5 Å². The molecule has 4 aromatic carbocycles. The molecule has 8 nitrogen and oxygen atoms in total. The Morgan fingerprint density at radius 3 is 1.28 bits per heavy atom. The second-order valence-corrected chi connectivity index (χ2v) is 8.73. The summed E-state index contributed by atoms with van der Waals surface area (Å²) in [6.45, 7) is 3.34. The number of ether oxygens (including phenoxy) is 2. The van der Waals surface area contributed by atoms with Gasteiger partial charge in [0.15, 0.2) is 12.2 Å². The van der Waals surface area contributed by atoms with E-state index in [0.717, 1.165) is 0 Å². The largest absolute Gasteiger partial charge is 0.481 e. The summed E-state index contributed by atoms with van der Waals surface area (Å²) in [6, 6.07) is 31.5. The number of para-hydroxylation sites is 2. The summed E-state index contributed by atoms with van der Waals surface area (Å²) in [5.74, 6) is 0.317. The van der Waals surface area contributed by atoms with Crippen molar-refractivity contribution in [2.45, 2.75) is 26.1 Å². The molecule has 4 aromatic rings. The van der Waals surface area contributed by atoms with Gasteiger partial charge in [-0.1, -0.05) is 36.4 Å². The van der Waals surface area contributed by atoms with Gasteiger partial charge in [0.2, 0.25) is 0 Å². The maximum atomic E-state index is 12.7. The van der Waals surface area contributed by atoms with Crippen LogP contribution in [0.1, 0.15) is 24.2 Å². The van der Waals surface area contributed by atoms with Gasteiger partial charge in [-0.3, -0.25) is 14.4 Å². The van der Waals surface area contributed by atoms with Crippen molar-refractivity contribution in [1.82, 2.24) is 0 Å². The monoisotopic (exact) mass is 523 g/mol. The Balaban J connectivity index is 1.26. The van der Waals surface area contributed by atoms with Crippen LogP contribution in [0, 0.1) is 0 Å². The van der Waals surface area contributed by atoms with Gasteiger partial charge in [0.1, 0.15) is 11.5 Å². The van der Waals surface area contributed by atoms with E-state index in [1.54, 1.807) is 86.6 Å². The summed E-state index contributed by atoms with van der Waals surface area (Å²) >= 11 is 0. The molecule has 39 heavy (non-hydrogen) atoms. The van der Waals surface area contributed by atoms with Gasteiger partial charge in [0.05, 0.1) is 0 Å². The SMILES string of the molecule is C[C@@H](Oc1ccccc1)C(=O)Nc1ccc(NC(=O)c2ccc(NC(=O)[C@@H](C)Oc3ccccc3)cc2)cc1. The maximum absolute atomic E-state index is 12.7. The summed E-state index contributed by atoms with van der Waals surface area (Å²) in [5, 5.41) is 8.40. The third-order valence-electron chi connectivity index (χ3n) is 5.68. The lowest BCUT2D eigenvalue weighted by Gasteiger charge is -2.15. The minimum Gasteiger partial charge on any atom is -0.481 e. The van der Waals surface area contributed by atoms with E-state index in [4.69, 9.17) is 9.47 Å². The number of carbonyl (C=O) groups excluding carboxylic acids is 3. The van der Waals surface area contributed by atoms with Crippen LogP contribution in [0.2, 0.25) is 0 Å². The quantitative estimate of drug-likeness (QED) is 0.245. The Bertz CT molecular complexity index is 1390. The Morgan fingerprint density at radius 2 is 0.872 bits per heavy atom. The average molecular weight is 524 g/mol. The summed E-state index contributed by atoms with van der Waals surface area (Å²) < 4.78 is 11.3. The van der Waals surface area contributed by atoms with E-state index in [0.29, 0.717) is 34.1 Å². The molecule has 0 aliphatic heterocycles. The third-order valence-corrected chi connectivity index (χ3v) is 5.68. The zero-order valence-corrected chi connectivity index (χ0v) is 21.6. The molecule has 0 aliphatic carbocycles. The van der Waals surface area contributed by atoms with Crippen molar-refractivity contribution in [2.24, 2.45) is 0 Å². The standard InChI is InChI=1S/C31H29N3O5/c1-21(38-27-9-5-3-6-10-27)29(35)32-24-15-13-23(14-16-24)31(37)34-26-19-17-25(18-20-26)33-30(36)22(2)39-28-11-7-4-8-12-28/h3-22H,1-2H3,(H,32,35)(H,33,36)(H,34,37)/t21-,22-/m1/s1. The molecule has 0 spiro atoms. The van der Waals surface area contributed by atoms with Crippen LogP contribution in [-0.4, -0.2) is 29.9 Å². The Labute approximate surface area is 227 Å². The molecule has 198 valence electrons. The summed E-state index contributed by atoms with van der Waals surface area (Å²) in [5.41, 5.74) is 2.11. The molecule has 0 heterocycles. The van der Waals surface area contributed by atoms with E-state index in [-0.39, 0.29) is 17.7 Å².